The Kier molecular flexibility index (Phi) is 11.7. The number of nitrogens with one attached hydrogen (secondary N) is 3. The molecule has 0 unspecified atom stereocenters. The van der Waals surface area contributed by atoms with Gasteiger partial charge in [-0.15, -0.1) is 6.58 Å². The van der Waals surface area contributed by atoms with Crippen LogP contribution in [0.25, 0.3) is 11.0 Å². The molecule has 2 aliphatic heterocycles. The van der Waals surface area contributed by atoms with Gasteiger partial charge in [0.25, 0.3) is 11.8 Å². The molecule has 19 heteroatoms. The lowest BCUT2D eigenvalue weighted by Gasteiger charge is -2.36. The highest BCUT2D eigenvalue weighted by Crippen LogP contribution is 2.50. The van der Waals surface area contributed by atoms with Gasteiger partial charge >= 0.3 is 6.09 Å². The monoisotopic (exact) mass is 878 g/mol. The lowest BCUT2D eigenvalue weighted by atomic mass is 9.85. The van der Waals surface area contributed by atoms with E-state index in [4.69, 9.17) is 9.47 Å². The molecule has 14 nitrogen and oxygen atoms in total. The molecule has 2 aromatic rings. The second kappa shape index (κ2) is 16.0. The normalized spacial score (nSPS) is 32.6. The molecule has 4 amide bonds. The standard InChI is InChI=1S/C42H54F4N6O8S/c1-7-23-18-24-12-10-11-15-42(45,46)31-35(48-27-14-9-8-13-26(27)47-31)59-29-21-52(36(54)32(39(3,4)5)49-38(56)60-28(24)19-23)30(22(29)2)34(53)50-41(20-25(41)33(43)44)37(55)51-61(57,58)40(6)16-17-40/h7-9,13-14,22-25,28-30,32-33H,1,10-12,15-21H2,2-6H3,(H,49,56)(H,50,53)(H,51,55)/t22-,23-,24-,25+,28-,29+,30+,32-,41-/m1/s1. The molecule has 3 aliphatic carbocycles. The third-order valence-electron chi connectivity index (χ3n) is 13.3. The molecule has 9 atom stereocenters. The number of nitrogens with zero attached hydrogens (tertiary/aromatic N) is 3. The first kappa shape index (κ1) is 44.5. The number of ether oxygens (including phenoxy) is 2. The first-order valence-electron chi connectivity index (χ1n) is 20.9. The Bertz CT molecular complexity index is 2200. The van der Waals surface area contributed by atoms with E-state index in [0.717, 1.165) is 4.90 Å². The molecule has 0 radical (unpaired) electrons. The number of aromatic nitrogens is 2. The van der Waals surface area contributed by atoms with Crippen molar-refractivity contribution in [1.29, 1.82) is 0 Å². The summed E-state index contributed by atoms with van der Waals surface area (Å²) in [5.41, 5.74) is -3.69. The van der Waals surface area contributed by atoms with Gasteiger partial charge in [0.05, 0.1) is 28.2 Å². The maximum Gasteiger partial charge on any atom is 0.408 e. The minimum Gasteiger partial charge on any atom is -0.471 e. The zero-order chi connectivity index (χ0) is 44.4. The molecule has 61 heavy (non-hydrogen) atoms. The summed E-state index contributed by atoms with van der Waals surface area (Å²) in [6, 6.07) is 3.42. The topological polar surface area (TPSA) is 186 Å². The number of allylic oxidation sites excluding steroid dienone is 1. The lowest BCUT2D eigenvalue weighted by molar-refractivity contribution is -0.143. The van der Waals surface area contributed by atoms with Crippen molar-refractivity contribution >= 4 is 44.9 Å². The van der Waals surface area contributed by atoms with Gasteiger partial charge in [-0.25, -0.2) is 32.0 Å². The molecule has 1 saturated heterocycles. The Morgan fingerprint density at radius 1 is 1.03 bits per heavy atom. The van der Waals surface area contributed by atoms with Gasteiger partial charge in [0.2, 0.25) is 34.1 Å². The van der Waals surface area contributed by atoms with Crippen LogP contribution in [0.4, 0.5) is 22.4 Å². The fourth-order valence-corrected chi connectivity index (χ4v) is 10.3. The molecule has 3 saturated carbocycles. The quantitative estimate of drug-likeness (QED) is 0.229. The van der Waals surface area contributed by atoms with E-state index < -0.39 is 129 Å². The Labute approximate surface area is 352 Å². The summed E-state index contributed by atoms with van der Waals surface area (Å²) in [6.07, 6.45) is -2.83. The average Bonchev–Trinajstić information content (AvgIpc) is 4.05. The van der Waals surface area contributed by atoms with Crippen molar-refractivity contribution in [2.45, 2.75) is 139 Å². The average molecular weight is 879 g/mol. The zero-order valence-electron chi connectivity index (χ0n) is 34.9. The fraction of sp³-hybridized carbons (Fsp3) is 0.667. The highest BCUT2D eigenvalue weighted by Gasteiger charge is 2.67. The summed E-state index contributed by atoms with van der Waals surface area (Å²) in [6.45, 7) is 11.4. The van der Waals surface area contributed by atoms with Crippen molar-refractivity contribution in [3.63, 3.8) is 0 Å². The van der Waals surface area contributed by atoms with Crippen molar-refractivity contribution in [2.24, 2.45) is 29.1 Å². The van der Waals surface area contributed by atoms with Crippen LogP contribution in [0.2, 0.25) is 0 Å². The highest BCUT2D eigenvalue weighted by molar-refractivity contribution is 7.91. The molecule has 0 spiro atoms. The Balaban J connectivity index is 1.28. The zero-order valence-corrected chi connectivity index (χ0v) is 35.7. The van der Waals surface area contributed by atoms with Gasteiger partial charge in [-0.1, -0.05) is 52.3 Å². The van der Waals surface area contributed by atoms with Crippen LogP contribution in [-0.2, 0) is 35.1 Å². The number of carbonyl (C=O) groups excluding carboxylic acids is 4. The number of hydrogen-bond acceptors (Lipinski definition) is 10. The number of rotatable bonds is 7. The number of hydrogen-bond donors (Lipinski definition) is 3. The van der Waals surface area contributed by atoms with E-state index in [9.17, 15) is 36.4 Å². The first-order chi connectivity index (χ1) is 28.5. The smallest absolute Gasteiger partial charge is 0.408 e. The van der Waals surface area contributed by atoms with E-state index in [1.807, 2.05) is 4.72 Å². The molecule has 4 fully saturated rings. The molecule has 334 valence electrons. The number of benzene rings is 1. The van der Waals surface area contributed by atoms with Crippen LogP contribution < -0.4 is 20.1 Å². The molecule has 5 aliphatic rings. The number of alkyl halides is 4. The van der Waals surface area contributed by atoms with Gasteiger partial charge in [0.15, 0.2) is 5.69 Å². The lowest BCUT2D eigenvalue weighted by Crippen LogP contribution is -2.61. The summed E-state index contributed by atoms with van der Waals surface area (Å²) in [7, 11) is -4.31. The molecule has 1 aromatic heterocycles. The van der Waals surface area contributed by atoms with E-state index >= 15 is 8.78 Å². The van der Waals surface area contributed by atoms with Crippen LogP contribution in [0.3, 0.4) is 0 Å². The van der Waals surface area contributed by atoms with Crippen molar-refractivity contribution < 1.29 is 54.6 Å². The molecular formula is C42H54F4N6O8S. The van der Waals surface area contributed by atoms with Gasteiger partial charge in [-0.2, -0.15) is 8.78 Å². The van der Waals surface area contributed by atoms with Crippen LogP contribution in [-0.4, -0.2) is 94.6 Å². The van der Waals surface area contributed by atoms with E-state index in [2.05, 4.69) is 27.2 Å². The number of para-hydroxylation sites is 2. The molecular weight excluding hydrogens is 825 g/mol. The molecule has 1 aromatic carbocycles. The van der Waals surface area contributed by atoms with Gasteiger partial charge in [0.1, 0.15) is 29.8 Å². The number of fused-ring (bicyclic) bond motifs is 5. The van der Waals surface area contributed by atoms with E-state index in [1.165, 1.54) is 19.9 Å². The summed E-state index contributed by atoms with van der Waals surface area (Å²) < 4.78 is 100. The maximum atomic E-state index is 16.4. The van der Waals surface area contributed by atoms with Crippen LogP contribution >= 0.6 is 0 Å². The SMILES string of the molecule is C=C[C@@H]1C[C@H]2CCCCC(F)(F)c3nc4ccccc4nc3O[C@H]3CN(C(=O)[C@H](C(C)(C)C)NC(=O)O[C@@H]2C1)[C@H](C(=O)N[C@]1(C(=O)NS(=O)(=O)C2(C)CC2)C[C@H]1C(F)F)[C@@H]3C. The summed E-state index contributed by atoms with van der Waals surface area (Å²) in [5, 5.41) is 5.09. The number of carbonyl (C=O) groups is 4. The van der Waals surface area contributed by atoms with Crippen LogP contribution in [0.1, 0.15) is 98.1 Å². The summed E-state index contributed by atoms with van der Waals surface area (Å²) >= 11 is 0. The third-order valence-corrected chi connectivity index (χ3v) is 15.5. The maximum absolute atomic E-state index is 16.4. The van der Waals surface area contributed by atoms with Crippen LogP contribution in [0, 0.1) is 29.1 Å². The second-order valence-electron chi connectivity index (χ2n) is 18.9. The van der Waals surface area contributed by atoms with E-state index in [-0.39, 0.29) is 42.1 Å². The van der Waals surface area contributed by atoms with E-state index in [0.29, 0.717) is 25.7 Å². The van der Waals surface area contributed by atoms with Crippen molar-refractivity contribution in [3.8, 4) is 5.88 Å². The van der Waals surface area contributed by atoms with Gasteiger partial charge in [-0.05, 0) is 81.3 Å². The van der Waals surface area contributed by atoms with Gasteiger partial charge in [0, 0.05) is 12.3 Å². The molecule has 3 heterocycles. The van der Waals surface area contributed by atoms with Crippen LogP contribution in [0.15, 0.2) is 36.9 Å². The molecule has 7 rings (SSSR count). The van der Waals surface area contributed by atoms with Gasteiger partial charge in [-0.3, -0.25) is 19.1 Å². The summed E-state index contributed by atoms with van der Waals surface area (Å²) in [5.74, 6) is -10.3. The van der Waals surface area contributed by atoms with E-state index in [1.54, 1.807) is 45.0 Å². The fourth-order valence-electron chi connectivity index (χ4n) is 9.03. The second-order valence-corrected chi connectivity index (χ2v) is 21.1. The van der Waals surface area contributed by atoms with Crippen molar-refractivity contribution in [2.75, 3.05) is 6.54 Å². The van der Waals surface area contributed by atoms with Gasteiger partial charge < -0.3 is 25.0 Å². The molecule has 3 N–H and O–H groups in total. The number of amides is 4. The van der Waals surface area contributed by atoms with Crippen LogP contribution in [0.5, 0.6) is 5.88 Å². The Morgan fingerprint density at radius 3 is 2.31 bits per heavy atom. The first-order valence-corrected chi connectivity index (χ1v) is 22.4. The predicted molar refractivity (Wildman–Crippen MR) is 214 cm³/mol. The number of sulfonamides is 1. The third kappa shape index (κ3) is 8.63. The highest BCUT2D eigenvalue weighted by atomic mass is 32.2. The van der Waals surface area contributed by atoms with Crippen molar-refractivity contribution in [3.05, 3.63) is 42.6 Å². The molecule has 2 bridgehead atoms. The predicted octanol–water partition coefficient (Wildman–Crippen LogP) is 5.75. The largest absolute Gasteiger partial charge is 0.471 e. The Morgan fingerprint density at radius 2 is 1.70 bits per heavy atom. The number of halogens is 4. The minimum atomic E-state index is -4.31. The Hall–Kier alpha value is -4.55. The van der Waals surface area contributed by atoms with Crippen molar-refractivity contribution in [1.82, 2.24) is 30.2 Å². The minimum absolute atomic E-state index is 0.00619. The number of alkyl carbamates (subject to hydrolysis) is 1. The summed E-state index contributed by atoms with van der Waals surface area (Å²) in [4.78, 5) is 66.6.